The van der Waals surface area contributed by atoms with Gasteiger partial charge in [-0.05, 0) is 18.6 Å². The van der Waals surface area contributed by atoms with Crippen molar-refractivity contribution in [3.05, 3.63) is 34.5 Å². The molecule has 0 bridgehead atoms. The molecule has 0 unspecified atom stereocenters. The number of pyridine rings is 1. The van der Waals surface area contributed by atoms with Crippen LogP contribution >= 0.6 is 11.3 Å². The molecule has 20 heavy (non-hydrogen) atoms. The SMILES string of the molecule is Cc1ccc(CNC(=O)c2sc(N(C)C)nc2N)cn1. The molecule has 0 fully saturated rings. The number of thiazole rings is 1. The maximum absolute atomic E-state index is 12.1. The van der Waals surface area contributed by atoms with E-state index in [1.165, 1.54) is 11.3 Å². The van der Waals surface area contributed by atoms with Gasteiger partial charge in [0, 0.05) is 32.5 Å². The second-order valence-corrected chi connectivity index (χ2v) is 5.57. The molecule has 0 aliphatic rings. The lowest BCUT2D eigenvalue weighted by molar-refractivity contribution is 0.0955. The van der Waals surface area contributed by atoms with Crippen LogP contribution in [-0.4, -0.2) is 30.0 Å². The summed E-state index contributed by atoms with van der Waals surface area (Å²) < 4.78 is 0. The molecule has 0 saturated carbocycles. The monoisotopic (exact) mass is 291 g/mol. The van der Waals surface area contributed by atoms with Crippen molar-refractivity contribution >= 4 is 28.2 Å². The molecule has 106 valence electrons. The third kappa shape index (κ3) is 3.24. The molecule has 0 aliphatic heterocycles. The zero-order valence-corrected chi connectivity index (χ0v) is 12.5. The standard InChI is InChI=1S/C13H17N5OS/c1-8-4-5-9(6-15-8)7-16-12(19)10-11(14)17-13(20-10)18(2)3/h4-6H,7,14H2,1-3H3,(H,16,19). The molecule has 6 nitrogen and oxygen atoms in total. The maximum atomic E-state index is 12.1. The predicted molar refractivity (Wildman–Crippen MR) is 81.0 cm³/mol. The summed E-state index contributed by atoms with van der Waals surface area (Å²) >= 11 is 1.28. The van der Waals surface area contributed by atoms with Gasteiger partial charge in [0.1, 0.15) is 10.7 Å². The molecular formula is C13H17N5OS. The molecule has 0 radical (unpaired) electrons. The van der Waals surface area contributed by atoms with E-state index in [1.54, 1.807) is 6.20 Å². The van der Waals surface area contributed by atoms with Gasteiger partial charge in [0.15, 0.2) is 5.13 Å². The molecule has 2 rings (SSSR count). The minimum absolute atomic E-state index is 0.214. The van der Waals surface area contributed by atoms with E-state index in [9.17, 15) is 4.79 Å². The maximum Gasteiger partial charge on any atom is 0.265 e. The zero-order valence-electron chi connectivity index (χ0n) is 11.7. The van der Waals surface area contributed by atoms with Gasteiger partial charge < -0.3 is 16.0 Å². The second kappa shape index (κ2) is 5.87. The van der Waals surface area contributed by atoms with Crippen molar-refractivity contribution in [2.24, 2.45) is 0 Å². The van der Waals surface area contributed by atoms with E-state index in [1.807, 2.05) is 38.1 Å². The predicted octanol–water partition coefficient (Wildman–Crippen LogP) is 1.42. The Morgan fingerprint density at radius 3 is 2.75 bits per heavy atom. The van der Waals surface area contributed by atoms with Crippen molar-refractivity contribution in [1.82, 2.24) is 15.3 Å². The molecule has 7 heteroatoms. The first-order chi connectivity index (χ1) is 9.47. The number of amides is 1. The summed E-state index contributed by atoms with van der Waals surface area (Å²) in [5.74, 6) is 0.0481. The van der Waals surface area contributed by atoms with Gasteiger partial charge in [0.05, 0.1) is 0 Å². The highest BCUT2D eigenvalue weighted by atomic mass is 32.1. The summed E-state index contributed by atoms with van der Waals surface area (Å²) in [5, 5.41) is 3.53. The average molecular weight is 291 g/mol. The highest BCUT2D eigenvalue weighted by Gasteiger charge is 2.16. The number of carbonyl (C=O) groups is 1. The van der Waals surface area contributed by atoms with Crippen LogP contribution in [-0.2, 0) is 6.54 Å². The number of nitrogens with two attached hydrogens (primary N) is 1. The number of hydrogen-bond donors (Lipinski definition) is 2. The fraction of sp³-hybridized carbons (Fsp3) is 0.308. The van der Waals surface area contributed by atoms with Gasteiger partial charge in [0.2, 0.25) is 0 Å². The smallest absolute Gasteiger partial charge is 0.265 e. The van der Waals surface area contributed by atoms with Gasteiger partial charge in [-0.15, -0.1) is 0 Å². The summed E-state index contributed by atoms with van der Waals surface area (Å²) in [4.78, 5) is 22.7. The van der Waals surface area contributed by atoms with E-state index < -0.39 is 0 Å². The lowest BCUT2D eigenvalue weighted by Crippen LogP contribution is -2.22. The zero-order chi connectivity index (χ0) is 14.7. The molecule has 3 N–H and O–H groups in total. The van der Waals surface area contributed by atoms with Gasteiger partial charge in [-0.3, -0.25) is 9.78 Å². The fourth-order valence-electron chi connectivity index (χ4n) is 1.54. The van der Waals surface area contributed by atoms with Crippen LogP contribution in [0.1, 0.15) is 20.9 Å². The molecule has 0 spiro atoms. The summed E-state index contributed by atoms with van der Waals surface area (Å²) in [6, 6.07) is 3.84. The number of hydrogen-bond acceptors (Lipinski definition) is 6. The van der Waals surface area contributed by atoms with Crippen LogP contribution in [0, 0.1) is 6.92 Å². The van der Waals surface area contributed by atoms with Crippen LogP contribution in [0.4, 0.5) is 10.9 Å². The first-order valence-corrected chi connectivity index (χ1v) is 6.92. The summed E-state index contributed by atoms with van der Waals surface area (Å²) in [5.41, 5.74) is 7.66. The second-order valence-electron chi connectivity index (χ2n) is 4.60. The van der Waals surface area contributed by atoms with Crippen LogP contribution in [0.15, 0.2) is 18.3 Å². The van der Waals surface area contributed by atoms with Crippen LogP contribution in [0.3, 0.4) is 0 Å². The van der Waals surface area contributed by atoms with Crippen LogP contribution in [0.25, 0.3) is 0 Å². The Hall–Kier alpha value is -2.15. The highest BCUT2D eigenvalue weighted by Crippen LogP contribution is 2.26. The molecule has 2 aromatic heterocycles. The Morgan fingerprint density at radius 2 is 2.20 bits per heavy atom. The van der Waals surface area contributed by atoms with Crippen molar-refractivity contribution in [3.63, 3.8) is 0 Å². The molecule has 0 saturated heterocycles. The van der Waals surface area contributed by atoms with E-state index in [0.717, 1.165) is 11.3 Å². The number of rotatable bonds is 4. The molecule has 0 atom stereocenters. The van der Waals surface area contributed by atoms with Crippen LogP contribution < -0.4 is 16.0 Å². The number of nitrogens with one attached hydrogen (secondary N) is 1. The molecule has 1 amide bonds. The Labute approximate surface area is 121 Å². The lowest BCUT2D eigenvalue weighted by atomic mass is 10.2. The third-order valence-corrected chi connectivity index (χ3v) is 3.89. The molecule has 0 aromatic carbocycles. The molecule has 2 aromatic rings. The van der Waals surface area contributed by atoms with Gasteiger partial charge in [0.25, 0.3) is 5.91 Å². The molecular weight excluding hydrogens is 274 g/mol. The number of nitrogens with zero attached hydrogens (tertiary/aromatic N) is 3. The van der Waals surface area contributed by atoms with Gasteiger partial charge in [-0.2, -0.15) is 0 Å². The highest BCUT2D eigenvalue weighted by molar-refractivity contribution is 7.18. The Balaban J connectivity index is 2.03. The largest absolute Gasteiger partial charge is 0.382 e. The number of nitrogen functional groups attached to an aromatic ring is 1. The van der Waals surface area contributed by atoms with E-state index in [4.69, 9.17) is 5.73 Å². The van der Waals surface area contributed by atoms with Crippen molar-refractivity contribution in [2.45, 2.75) is 13.5 Å². The van der Waals surface area contributed by atoms with E-state index in [0.29, 0.717) is 16.6 Å². The quantitative estimate of drug-likeness (QED) is 0.890. The topological polar surface area (TPSA) is 84.1 Å². The first kappa shape index (κ1) is 14.3. The normalized spacial score (nSPS) is 10.3. The van der Waals surface area contributed by atoms with Gasteiger partial charge in [-0.1, -0.05) is 17.4 Å². The summed E-state index contributed by atoms with van der Waals surface area (Å²) in [6.45, 7) is 2.34. The van der Waals surface area contributed by atoms with E-state index in [2.05, 4.69) is 15.3 Å². The summed E-state index contributed by atoms with van der Waals surface area (Å²) in [6.07, 6.45) is 1.75. The number of aryl methyl sites for hydroxylation is 1. The first-order valence-electron chi connectivity index (χ1n) is 6.10. The van der Waals surface area contributed by atoms with Gasteiger partial charge >= 0.3 is 0 Å². The van der Waals surface area contributed by atoms with E-state index >= 15 is 0 Å². The van der Waals surface area contributed by atoms with Crippen molar-refractivity contribution in [3.8, 4) is 0 Å². The minimum Gasteiger partial charge on any atom is -0.382 e. The molecule has 2 heterocycles. The van der Waals surface area contributed by atoms with Crippen molar-refractivity contribution in [1.29, 1.82) is 0 Å². The average Bonchev–Trinajstić information content (AvgIpc) is 2.80. The lowest BCUT2D eigenvalue weighted by Gasteiger charge is -2.05. The Morgan fingerprint density at radius 1 is 1.45 bits per heavy atom. The Kier molecular flexibility index (Phi) is 4.19. The minimum atomic E-state index is -0.214. The third-order valence-electron chi connectivity index (χ3n) is 2.66. The number of carbonyl (C=O) groups excluding carboxylic acids is 1. The Bertz CT molecular complexity index is 606. The van der Waals surface area contributed by atoms with Crippen LogP contribution in [0.2, 0.25) is 0 Å². The van der Waals surface area contributed by atoms with Crippen molar-refractivity contribution < 1.29 is 4.79 Å². The fourth-order valence-corrected chi connectivity index (χ4v) is 2.36. The molecule has 0 aliphatic carbocycles. The van der Waals surface area contributed by atoms with E-state index in [-0.39, 0.29) is 11.7 Å². The van der Waals surface area contributed by atoms with Crippen LogP contribution in [0.5, 0.6) is 0 Å². The van der Waals surface area contributed by atoms with Crippen molar-refractivity contribution in [2.75, 3.05) is 24.7 Å². The summed E-state index contributed by atoms with van der Waals surface area (Å²) in [7, 11) is 3.72. The van der Waals surface area contributed by atoms with Gasteiger partial charge in [-0.25, -0.2) is 4.98 Å². The number of anilines is 2. The number of aromatic nitrogens is 2.